The standard InChI is InChI=1S/C20H19N5O/c21-14-15-4-1-2-5-17(15)23-20(26)25-12-10-24(11-13-25)19-7-3-6-18-16(19)8-9-22-18/h1-9,22H,10-13H2,(H,23,26). The Morgan fingerprint density at radius 1 is 1.04 bits per heavy atom. The van der Waals surface area contributed by atoms with Gasteiger partial charge in [0.2, 0.25) is 0 Å². The number of urea groups is 1. The van der Waals surface area contributed by atoms with Gasteiger partial charge in [-0.25, -0.2) is 4.79 Å². The number of aromatic nitrogens is 1. The van der Waals surface area contributed by atoms with Crippen LogP contribution in [0.2, 0.25) is 0 Å². The van der Waals surface area contributed by atoms with Crippen molar-refractivity contribution < 1.29 is 4.79 Å². The number of amides is 2. The van der Waals surface area contributed by atoms with E-state index in [-0.39, 0.29) is 6.03 Å². The molecule has 0 bridgehead atoms. The molecule has 1 fully saturated rings. The zero-order chi connectivity index (χ0) is 17.9. The predicted octanol–water partition coefficient (Wildman–Crippen LogP) is 3.39. The lowest BCUT2D eigenvalue weighted by Crippen LogP contribution is -2.50. The summed E-state index contributed by atoms with van der Waals surface area (Å²) in [6.07, 6.45) is 1.95. The summed E-state index contributed by atoms with van der Waals surface area (Å²) in [7, 11) is 0. The zero-order valence-corrected chi connectivity index (χ0v) is 14.3. The summed E-state index contributed by atoms with van der Waals surface area (Å²) in [5, 5.41) is 13.2. The van der Waals surface area contributed by atoms with Crippen LogP contribution in [0.25, 0.3) is 10.9 Å². The van der Waals surface area contributed by atoms with Crippen LogP contribution in [0, 0.1) is 11.3 Å². The summed E-state index contributed by atoms with van der Waals surface area (Å²) in [5.74, 6) is 0. The molecule has 1 aliphatic rings. The Morgan fingerprint density at radius 3 is 2.65 bits per heavy atom. The van der Waals surface area contributed by atoms with Crippen LogP contribution in [-0.4, -0.2) is 42.1 Å². The summed E-state index contributed by atoms with van der Waals surface area (Å²) in [6.45, 7) is 2.83. The molecule has 130 valence electrons. The van der Waals surface area contributed by atoms with Gasteiger partial charge in [-0.1, -0.05) is 18.2 Å². The minimum absolute atomic E-state index is 0.160. The molecule has 2 aromatic carbocycles. The van der Waals surface area contributed by atoms with Gasteiger partial charge >= 0.3 is 6.03 Å². The van der Waals surface area contributed by atoms with E-state index in [9.17, 15) is 4.79 Å². The molecular formula is C20H19N5O. The summed E-state index contributed by atoms with van der Waals surface area (Å²) in [6, 6.07) is 17.3. The van der Waals surface area contributed by atoms with Crippen LogP contribution in [0.15, 0.2) is 54.7 Å². The van der Waals surface area contributed by atoms with Crippen molar-refractivity contribution in [3.05, 3.63) is 60.3 Å². The number of rotatable bonds is 2. The number of nitriles is 1. The first kappa shape index (κ1) is 16.0. The summed E-state index contributed by atoms with van der Waals surface area (Å²) < 4.78 is 0. The van der Waals surface area contributed by atoms with E-state index in [1.807, 2.05) is 18.3 Å². The number of H-pyrrole nitrogens is 1. The van der Waals surface area contributed by atoms with Crippen molar-refractivity contribution in [1.29, 1.82) is 5.26 Å². The number of fused-ring (bicyclic) bond motifs is 1. The van der Waals surface area contributed by atoms with E-state index in [0.29, 0.717) is 24.3 Å². The van der Waals surface area contributed by atoms with E-state index in [1.165, 1.54) is 11.1 Å². The molecule has 3 aromatic rings. The minimum atomic E-state index is -0.160. The first-order chi connectivity index (χ1) is 12.8. The Balaban J connectivity index is 1.43. The third-order valence-electron chi connectivity index (χ3n) is 4.77. The summed E-state index contributed by atoms with van der Waals surface area (Å²) >= 11 is 0. The van der Waals surface area contributed by atoms with Gasteiger partial charge in [-0.2, -0.15) is 5.26 Å². The fraction of sp³-hybridized carbons (Fsp3) is 0.200. The average Bonchev–Trinajstić information content (AvgIpc) is 3.17. The molecule has 6 heteroatoms. The third kappa shape index (κ3) is 2.95. The number of nitrogens with zero attached hydrogens (tertiary/aromatic N) is 3. The minimum Gasteiger partial charge on any atom is -0.367 e. The van der Waals surface area contributed by atoms with E-state index >= 15 is 0 Å². The van der Waals surface area contributed by atoms with Gasteiger partial charge in [0.05, 0.1) is 11.3 Å². The fourth-order valence-corrected chi connectivity index (χ4v) is 3.38. The second-order valence-electron chi connectivity index (χ2n) is 6.28. The highest BCUT2D eigenvalue weighted by Gasteiger charge is 2.22. The van der Waals surface area contributed by atoms with Crippen molar-refractivity contribution in [2.75, 3.05) is 36.4 Å². The first-order valence-electron chi connectivity index (χ1n) is 8.62. The number of nitrogens with one attached hydrogen (secondary N) is 2. The largest absolute Gasteiger partial charge is 0.367 e. The molecule has 0 spiro atoms. The molecule has 0 saturated carbocycles. The zero-order valence-electron chi connectivity index (χ0n) is 14.3. The molecule has 0 unspecified atom stereocenters. The van der Waals surface area contributed by atoms with Gasteiger partial charge in [-0.15, -0.1) is 0 Å². The van der Waals surface area contributed by atoms with Gasteiger partial charge in [-0.05, 0) is 30.3 Å². The molecule has 6 nitrogen and oxygen atoms in total. The van der Waals surface area contributed by atoms with Gasteiger partial charge in [-0.3, -0.25) is 0 Å². The number of hydrogen-bond donors (Lipinski definition) is 2. The van der Waals surface area contributed by atoms with Crippen LogP contribution in [-0.2, 0) is 0 Å². The van der Waals surface area contributed by atoms with Gasteiger partial charge in [0, 0.05) is 49.0 Å². The third-order valence-corrected chi connectivity index (χ3v) is 4.77. The average molecular weight is 345 g/mol. The molecule has 1 aliphatic heterocycles. The van der Waals surface area contributed by atoms with Crippen LogP contribution in [0.3, 0.4) is 0 Å². The van der Waals surface area contributed by atoms with Crippen molar-refractivity contribution >= 4 is 28.3 Å². The molecule has 2 heterocycles. The normalized spacial score (nSPS) is 14.3. The number of benzene rings is 2. The molecule has 26 heavy (non-hydrogen) atoms. The Kier molecular flexibility index (Phi) is 4.20. The maximum atomic E-state index is 12.5. The maximum Gasteiger partial charge on any atom is 0.322 e. The van der Waals surface area contributed by atoms with Crippen LogP contribution in [0.5, 0.6) is 0 Å². The lowest BCUT2D eigenvalue weighted by molar-refractivity contribution is 0.208. The number of carbonyl (C=O) groups is 1. The summed E-state index contributed by atoms with van der Waals surface area (Å²) in [5.41, 5.74) is 3.34. The predicted molar refractivity (Wildman–Crippen MR) is 102 cm³/mol. The number of piperazine rings is 1. The SMILES string of the molecule is N#Cc1ccccc1NC(=O)N1CCN(c2cccc3[nH]ccc23)CC1. The maximum absolute atomic E-state index is 12.5. The molecule has 1 aromatic heterocycles. The monoisotopic (exact) mass is 345 g/mol. The van der Waals surface area contributed by atoms with Gasteiger partial charge < -0.3 is 20.1 Å². The van der Waals surface area contributed by atoms with Crippen molar-refractivity contribution in [3.8, 4) is 6.07 Å². The second kappa shape index (κ2) is 6.81. The van der Waals surface area contributed by atoms with E-state index < -0.39 is 0 Å². The number of carbonyl (C=O) groups excluding carboxylic acids is 1. The van der Waals surface area contributed by atoms with Gasteiger partial charge in [0.15, 0.2) is 0 Å². The van der Waals surface area contributed by atoms with E-state index in [4.69, 9.17) is 5.26 Å². The smallest absolute Gasteiger partial charge is 0.322 e. The molecule has 2 N–H and O–H groups in total. The molecule has 4 rings (SSSR count). The molecule has 0 aliphatic carbocycles. The highest BCUT2D eigenvalue weighted by Crippen LogP contribution is 2.27. The Bertz CT molecular complexity index is 979. The second-order valence-corrected chi connectivity index (χ2v) is 6.28. The molecule has 0 atom stereocenters. The molecular weight excluding hydrogens is 326 g/mol. The van der Waals surface area contributed by atoms with Crippen molar-refractivity contribution in [2.24, 2.45) is 0 Å². The topological polar surface area (TPSA) is 75.2 Å². The lowest BCUT2D eigenvalue weighted by Gasteiger charge is -2.36. The van der Waals surface area contributed by atoms with Crippen LogP contribution >= 0.6 is 0 Å². The highest BCUT2D eigenvalue weighted by atomic mass is 16.2. The quantitative estimate of drug-likeness (QED) is 0.747. The lowest BCUT2D eigenvalue weighted by atomic mass is 10.1. The molecule has 1 saturated heterocycles. The van der Waals surface area contributed by atoms with Crippen molar-refractivity contribution in [1.82, 2.24) is 9.88 Å². The van der Waals surface area contributed by atoms with Crippen LogP contribution in [0.4, 0.5) is 16.2 Å². The summed E-state index contributed by atoms with van der Waals surface area (Å²) in [4.78, 5) is 19.9. The first-order valence-corrected chi connectivity index (χ1v) is 8.62. The fourth-order valence-electron chi connectivity index (χ4n) is 3.38. The molecule has 0 radical (unpaired) electrons. The van der Waals surface area contributed by atoms with Crippen molar-refractivity contribution in [2.45, 2.75) is 0 Å². The van der Waals surface area contributed by atoms with Gasteiger partial charge in [0.25, 0.3) is 0 Å². The Morgan fingerprint density at radius 2 is 1.85 bits per heavy atom. The Labute approximate surface area is 151 Å². The van der Waals surface area contributed by atoms with Crippen LogP contribution < -0.4 is 10.2 Å². The highest BCUT2D eigenvalue weighted by molar-refractivity contribution is 5.93. The number of aromatic amines is 1. The van der Waals surface area contributed by atoms with E-state index in [2.05, 4.69) is 39.5 Å². The number of hydrogen-bond acceptors (Lipinski definition) is 3. The number of para-hydroxylation sites is 1. The van der Waals surface area contributed by atoms with Crippen LogP contribution in [0.1, 0.15) is 5.56 Å². The molecule has 2 amide bonds. The van der Waals surface area contributed by atoms with Crippen molar-refractivity contribution in [3.63, 3.8) is 0 Å². The number of anilines is 2. The van der Waals surface area contributed by atoms with E-state index in [0.717, 1.165) is 18.6 Å². The van der Waals surface area contributed by atoms with E-state index in [1.54, 1.807) is 23.1 Å². The Hall–Kier alpha value is -3.46. The van der Waals surface area contributed by atoms with Gasteiger partial charge in [0.1, 0.15) is 6.07 Å².